The fourth-order valence-corrected chi connectivity index (χ4v) is 3.79. The first-order chi connectivity index (χ1) is 13.2. The molecule has 0 spiro atoms. The smallest absolute Gasteiger partial charge is 0.335 e. The number of nitrogens with zero attached hydrogens (tertiary/aromatic N) is 4. The van der Waals surface area contributed by atoms with Gasteiger partial charge in [-0.2, -0.15) is 5.10 Å². The van der Waals surface area contributed by atoms with Crippen LogP contribution in [-0.2, 0) is 13.0 Å². The molecule has 0 bridgehead atoms. The second-order valence-corrected chi connectivity index (χ2v) is 6.61. The molecule has 0 saturated heterocycles. The Balaban J connectivity index is 1.83. The zero-order valence-electron chi connectivity index (χ0n) is 14.5. The molecule has 4 aromatic rings. The average Bonchev–Trinajstić information content (AvgIpc) is 3.29. The summed E-state index contributed by atoms with van der Waals surface area (Å²) in [5.74, 6) is -0.947. The van der Waals surface area contributed by atoms with Gasteiger partial charge in [0.1, 0.15) is 5.69 Å². The molecule has 27 heavy (non-hydrogen) atoms. The Morgan fingerprint density at radius 3 is 2.81 bits per heavy atom. The van der Waals surface area contributed by atoms with E-state index in [2.05, 4.69) is 9.97 Å². The quantitative estimate of drug-likeness (QED) is 0.604. The first kappa shape index (κ1) is 15.7. The van der Waals surface area contributed by atoms with Crippen LogP contribution in [0.25, 0.3) is 33.4 Å². The summed E-state index contributed by atoms with van der Waals surface area (Å²) in [7, 11) is 0. The van der Waals surface area contributed by atoms with Crippen molar-refractivity contribution >= 4 is 16.9 Å². The SMILES string of the molecule is O=C(O)c1ccc2nccc(-c3c(-c4ccccn4)nn4c3CCC4)c2c1. The van der Waals surface area contributed by atoms with Crippen molar-refractivity contribution in [1.82, 2.24) is 19.7 Å². The fraction of sp³-hybridized carbons (Fsp3) is 0.143. The van der Waals surface area contributed by atoms with Crippen LogP contribution in [0.5, 0.6) is 0 Å². The number of fused-ring (bicyclic) bond motifs is 2. The molecule has 0 fully saturated rings. The van der Waals surface area contributed by atoms with Gasteiger partial charge >= 0.3 is 5.97 Å². The molecule has 6 nitrogen and oxygen atoms in total. The Morgan fingerprint density at radius 1 is 1.07 bits per heavy atom. The molecule has 3 aromatic heterocycles. The lowest BCUT2D eigenvalue weighted by molar-refractivity contribution is 0.0697. The largest absolute Gasteiger partial charge is 0.478 e. The zero-order chi connectivity index (χ0) is 18.4. The monoisotopic (exact) mass is 356 g/mol. The summed E-state index contributed by atoms with van der Waals surface area (Å²) in [6, 6.07) is 12.8. The van der Waals surface area contributed by atoms with Gasteiger partial charge in [0.25, 0.3) is 0 Å². The van der Waals surface area contributed by atoms with Crippen molar-refractivity contribution in [2.45, 2.75) is 19.4 Å². The van der Waals surface area contributed by atoms with Crippen molar-refractivity contribution in [2.24, 2.45) is 0 Å². The highest BCUT2D eigenvalue weighted by Gasteiger charge is 2.25. The van der Waals surface area contributed by atoms with Gasteiger partial charge in [-0.3, -0.25) is 14.6 Å². The van der Waals surface area contributed by atoms with E-state index in [0.717, 1.165) is 52.8 Å². The molecule has 4 heterocycles. The Morgan fingerprint density at radius 2 is 2.00 bits per heavy atom. The third-order valence-corrected chi connectivity index (χ3v) is 5.01. The number of aromatic carboxylic acids is 1. The van der Waals surface area contributed by atoms with Crippen LogP contribution in [0.3, 0.4) is 0 Å². The second-order valence-electron chi connectivity index (χ2n) is 6.61. The minimum atomic E-state index is -0.947. The second kappa shape index (κ2) is 6.02. The summed E-state index contributed by atoms with van der Waals surface area (Å²) in [4.78, 5) is 20.4. The molecule has 1 N–H and O–H groups in total. The molecule has 0 aliphatic carbocycles. The third-order valence-electron chi connectivity index (χ3n) is 5.01. The number of pyridine rings is 2. The highest BCUT2D eigenvalue weighted by molar-refractivity contribution is 6.02. The van der Waals surface area contributed by atoms with Crippen LogP contribution in [0.2, 0.25) is 0 Å². The third kappa shape index (κ3) is 2.49. The molecule has 0 radical (unpaired) electrons. The van der Waals surface area contributed by atoms with Crippen molar-refractivity contribution in [2.75, 3.05) is 0 Å². The Kier molecular flexibility index (Phi) is 3.50. The van der Waals surface area contributed by atoms with E-state index in [0.29, 0.717) is 0 Å². The summed E-state index contributed by atoms with van der Waals surface area (Å²) in [5, 5.41) is 15.0. The number of carbonyl (C=O) groups is 1. The molecule has 1 aliphatic heterocycles. The highest BCUT2D eigenvalue weighted by Crippen LogP contribution is 2.39. The number of carboxylic acids is 1. The van der Waals surface area contributed by atoms with E-state index in [4.69, 9.17) is 5.10 Å². The molecule has 5 rings (SSSR count). The van der Waals surface area contributed by atoms with Crippen molar-refractivity contribution in [1.29, 1.82) is 0 Å². The number of hydrogen-bond donors (Lipinski definition) is 1. The molecule has 0 amide bonds. The summed E-state index contributed by atoms with van der Waals surface area (Å²) in [6.07, 6.45) is 5.52. The first-order valence-corrected chi connectivity index (χ1v) is 8.86. The summed E-state index contributed by atoms with van der Waals surface area (Å²) >= 11 is 0. The highest BCUT2D eigenvalue weighted by atomic mass is 16.4. The van der Waals surface area contributed by atoms with Gasteiger partial charge in [-0.15, -0.1) is 0 Å². The van der Waals surface area contributed by atoms with E-state index in [-0.39, 0.29) is 5.56 Å². The molecule has 0 saturated carbocycles. The molecule has 132 valence electrons. The first-order valence-electron chi connectivity index (χ1n) is 8.86. The molecular weight excluding hydrogens is 340 g/mol. The van der Waals surface area contributed by atoms with Gasteiger partial charge in [0, 0.05) is 35.6 Å². The maximum Gasteiger partial charge on any atom is 0.335 e. The van der Waals surface area contributed by atoms with Gasteiger partial charge in [-0.25, -0.2) is 4.79 Å². The van der Waals surface area contributed by atoms with Gasteiger partial charge in [-0.1, -0.05) is 6.07 Å². The number of benzene rings is 1. The Bertz CT molecular complexity index is 1180. The van der Waals surface area contributed by atoms with Crippen LogP contribution >= 0.6 is 0 Å². The lowest BCUT2D eigenvalue weighted by Crippen LogP contribution is -1.97. The van der Waals surface area contributed by atoms with Crippen LogP contribution in [-0.4, -0.2) is 30.8 Å². The number of rotatable bonds is 3. The Hall–Kier alpha value is -3.54. The van der Waals surface area contributed by atoms with Crippen molar-refractivity contribution in [3.63, 3.8) is 0 Å². The molecule has 1 aliphatic rings. The van der Waals surface area contributed by atoms with Gasteiger partial charge in [0.15, 0.2) is 0 Å². The zero-order valence-corrected chi connectivity index (χ0v) is 14.5. The number of hydrogen-bond acceptors (Lipinski definition) is 4. The predicted octanol–water partition coefficient (Wildman–Crippen LogP) is 3.80. The lowest BCUT2D eigenvalue weighted by Gasteiger charge is -2.09. The summed E-state index contributed by atoms with van der Waals surface area (Å²) < 4.78 is 2.05. The molecular formula is C21H16N4O2. The summed E-state index contributed by atoms with van der Waals surface area (Å²) in [5.41, 5.74) is 5.81. The molecule has 1 aromatic carbocycles. The van der Waals surface area contributed by atoms with Crippen molar-refractivity contribution < 1.29 is 9.90 Å². The van der Waals surface area contributed by atoms with E-state index in [1.165, 1.54) is 5.69 Å². The number of aryl methyl sites for hydroxylation is 1. The van der Waals surface area contributed by atoms with E-state index >= 15 is 0 Å². The lowest BCUT2D eigenvalue weighted by atomic mass is 9.96. The summed E-state index contributed by atoms with van der Waals surface area (Å²) in [6.45, 7) is 0.887. The number of aromatic nitrogens is 4. The van der Waals surface area contributed by atoms with Gasteiger partial charge < -0.3 is 5.11 Å². The average molecular weight is 356 g/mol. The van der Waals surface area contributed by atoms with Gasteiger partial charge in [0.2, 0.25) is 0 Å². The maximum atomic E-state index is 11.5. The van der Waals surface area contributed by atoms with Crippen LogP contribution in [0.4, 0.5) is 0 Å². The standard InChI is InChI=1S/C21H16N4O2/c26-21(27)13-6-7-16-15(12-13)14(8-10-23-16)19-18-5-3-11-25(18)24-20(19)17-4-1-2-9-22-17/h1-2,4,6-10,12H,3,5,11H2,(H,26,27). The van der Waals surface area contributed by atoms with Crippen molar-refractivity contribution in [3.8, 4) is 22.5 Å². The fourth-order valence-electron chi connectivity index (χ4n) is 3.79. The number of carboxylic acid groups (broad SMARTS) is 1. The minimum absolute atomic E-state index is 0.250. The van der Waals surface area contributed by atoms with Gasteiger partial charge in [-0.05, 0) is 54.8 Å². The van der Waals surface area contributed by atoms with Crippen LogP contribution in [0.15, 0.2) is 54.9 Å². The minimum Gasteiger partial charge on any atom is -0.478 e. The predicted molar refractivity (Wildman–Crippen MR) is 101 cm³/mol. The van der Waals surface area contributed by atoms with Crippen LogP contribution in [0, 0.1) is 0 Å². The van der Waals surface area contributed by atoms with Crippen LogP contribution < -0.4 is 0 Å². The van der Waals surface area contributed by atoms with E-state index in [1.54, 1.807) is 30.6 Å². The van der Waals surface area contributed by atoms with Crippen molar-refractivity contribution in [3.05, 3.63) is 66.1 Å². The van der Waals surface area contributed by atoms with E-state index < -0.39 is 5.97 Å². The van der Waals surface area contributed by atoms with Gasteiger partial charge in [0.05, 0.1) is 16.8 Å². The maximum absolute atomic E-state index is 11.5. The molecule has 0 atom stereocenters. The Labute approximate surface area is 155 Å². The normalized spacial score (nSPS) is 13.0. The topological polar surface area (TPSA) is 80.9 Å². The van der Waals surface area contributed by atoms with E-state index in [9.17, 15) is 9.90 Å². The van der Waals surface area contributed by atoms with Crippen LogP contribution in [0.1, 0.15) is 22.5 Å². The molecule has 6 heteroatoms. The molecule has 0 unspecified atom stereocenters. The van der Waals surface area contributed by atoms with E-state index in [1.807, 2.05) is 28.9 Å².